The maximum Gasteiger partial charge on any atom is 0.231 e. The lowest BCUT2D eigenvalue weighted by molar-refractivity contribution is -0.0455. The average molecular weight is 555 g/mol. The molecule has 1 aromatic heterocycles. The minimum atomic E-state index is -1.53. The maximum absolute atomic E-state index is 10.7. The van der Waals surface area contributed by atoms with E-state index in [9.17, 15) is 25.5 Å². The molecule has 0 radical (unpaired) electrons. The number of hydrogen-bond donors (Lipinski definition) is 7. The van der Waals surface area contributed by atoms with E-state index >= 15 is 0 Å². The van der Waals surface area contributed by atoms with Crippen LogP contribution in [0.2, 0.25) is 0 Å². The van der Waals surface area contributed by atoms with Crippen LogP contribution in [0.25, 0.3) is 0 Å². The summed E-state index contributed by atoms with van der Waals surface area (Å²) in [6.07, 6.45) is -5.82. The first kappa shape index (κ1) is 24.5. The fraction of sp³-hybridized carbons (Fsp3) is 0.524. The molecule has 2 saturated heterocycles. The Morgan fingerprint density at radius 1 is 1.09 bits per heavy atom. The van der Waals surface area contributed by atoms with Crippen LogP contribution in [-0.2, 0) is 15.3 Å². The number of imidazole rings is 1. The van der Waals surface area contributed by atoms with Gasteiger partial charge in [-0.25, -0.2) is 9.98 Å². The zero-order chi connectivity index (χ0) is 24.9. The molecule has 5 rings (SSSR count). The predicted molar refractivity (Wildman–Crippen MR) is 126 cm³/mol. The Hall–Kier alpha value is -2.14. The van der Waals surface area contributed by atoms with Gasteiger partial charge in [0.15, 0.2) is 11.0 Å². The number of anilines is 2. The number of nitrogens with two attached hydrogens (primary N) is 1. The summed E-state index contributed by atoms with van der Waals surface area (Å²) in [4.78, 5) is 10.5. The zero-order valence-electron chi connectivity index (χ0n) is 18.4. The van der Waals surface area contributed by atoms with Crippen molar-refractivity contribution in [2.75, 3.05) is 23.4 Å². The standard InChI is InChI=1S/C21H27BrN6O7/c22-20-25-17-18(28(20)14-6-11(31)12(7-29)34-14)27(19-16(33)15(32)13(8-30)35-19)9-24-21(17,23)26-10-4-2-1-3-5-10/h1-5,9,11-16,19,26,29-33H,6-8,23H2/t11-,12+,13+,14+,15+,16+,19?,21?/m0/s1. The lowest BCUT2D eigenvalue weighted by Gasteiger charge is -2.38. The number of halogens is 1. The molecule has 0 amide bonds. The van der Waals surface area contributed by atoms with Crippen LogP contribution in [0, 0.1) is 0 Å². The number of aliphatic hydroxyl groups excluding tert-OH is 5. The summed E-state index contributed by atoms with van der Waals surface area (Å²) in [6.45, 7) is -0.870. The molecule has 8 N–H and O–H groups in total. The van der Waals surface area contributed by atoms with Crippen LogP contribution in [0.4, 0.5) is 11.5 Å². The number of fused-ring (bicyclic) bond motifs is 1. The van der Waals surface area contributed by atoms with Crippen LogP contribution < -0.4 is 16.0 Å². The highest BCUT2D eigenvalue weighted by molar-refractivity contribution is 9.10. The molecular formula is C21H27BrN6O7. The smallest absolute Gasteiger partial charge is 0.231 e. The lowest BCUT2D eigenvalue weighted by Crippen LogP contribution is -2.52. The van der Waals surface area contributed by atoms with Gasteiger partial charge in [-0.1, -0.05) is 18.2 Å². The van der Waals surface area contributed by atoms with Gasteiger partial charge in [-0.15, -0.1) is 0 Å². The van der Waals surface area contributed by atoms with E-state index < -0.39 is 55.4 Å². The molecule has 1 aromatic carbocycles. The highest BCUT2D eigenvalue weighted by Gasteiger charge is 2.51. The van der Waals surface area contributed by atoms with E-state index in [0.717, 1.165) is 0 Å². The van der Waals surface area contributed by atoms with Gasteiger partial charge in [-0.3, -0.25) is 15.2 Å². The summed E-state index contributed by atoms with van der Waals surface area (Å²) >= 11 is 3.44. The van der Waals surface area contributed by atoms with Crippen LogP contribution in [0.1, 0.15) is 18.3 Å². The summed E-state index contributed by atoms with van der Waals surface area (Å²) in [5.74, 6) is -1.21. The molecule has 3 aliphatic rings. The average Bonchev–Trinajstić information content (AvgIpc) is 3.48. The Labute approximate surface area is 208 Å². The fourth-order valence-electron chi connectivity index (χ4n) is 4.59. The Morgan fingerprint density at radius 2 is 1.80 bits per heavy atom. The number of nitrogens with one attached hydrogen (secondary N) is 1. The fourth-order valence-corrected chi connectivity index (χ4v) is 5.16. The van der Waals surface area contributed by atoms with Gasteiger partial charge in [-0.2, -0.15) is 0 Å². The van der Waals surface area contributed by atoms with Crippen LogP contribution >= 0.6 is 15.9 Å². The van der Waals surface area contributed by atoms with Crippen molar-refractivity contribution in [3.8, 4) is 0 Å². The predicted octanol–water partition coefficient (Wildman–Crippen LogP) is -1.25. The highest BCUT2D eigenvalue weighted by Crippen LogP contribution is 2.43. The van der Waals surface area contributed by atoms with Crippen molar-refractivity contribution in [1.29, 1.82) is 0 Å². The second kappa shape index (κ2) is 9.38. The Morgan fingerprint density at radius 3 is 2.43 bits per heavy atom. The van der Waals surface area contributed by atoms with Gasteiger partial charge in [0.2, 0.25) is 5.79 Å². The monoisotopic (exact) mass is 554 g/mol. The summed E-state index contributed by atoms with van der Waals surface area (Å²) in [5, 5.41) is 53.6. The Kier molecular flexibility index (Phi) is 6.58. The lowest BCUT2D eigenvalue weighted by atomic mass is 10.1. The largest absolute Gasteiger partial charge is 0.394 e. The van der Waals surface area contributed by atoms with Crippen molar-refractivity contribution in [3.63, 3.8) is 0 Å². The zero-order valence-corrected chi connectivity index (χ0v) is 20.0. The Balaban J connectivity index is 1.60. The van der Waals surface area contributed by atoms with Gasteiger partial charge >= 0.3 is 0 Å². The quantitative estimate of drug-likeness (QED) is 0.211. The van der Waals surface area contributed by atoms with Crippen molar-refractivity contribution < 1.29 is 35.0 Å². The van der Waals surface area contributed by atoms with Crippen molar-refractivity contribution in [3.05, 3.63) is 40.8 Å². The second-order valence-corrected chi connectivity index (χ2v) is 9.39. The third-order valence-electron chi connectivity index (χ3n) is 6.41. The van der Waals surface area contributed by atoms with E-state index in [-0.39, 0.29) is 18.7 Å². The topological polar surface area (TPSA) is 191 Å². The van der Waals surface area contributed by atoms with Gasteiger partial charge in [0.1, 0.15) is 42.2 Å². The molecule has 0 aliphatic carbocycles. The van der Waals surface area contributed by atoms with Crippen molar-refractivity contribution in [1.82, 2.24) is 9.55 Å². The highest BCUT2D eigenvalue weighted by atomic mass is 79.9. The number of aromatic nitrogens is 2. The van der Waals surface area contributed by atoms with E-state index in [1.54, 1.807) is 4.57 Å². The molecular weight excluding hydrogens is 528 g/mol. The van der Waals surface area contributed by atoms with Gasteiger partial charge in [-0.05, 0) is 28.1 Å². The van der Waals surface area contributed by atoms with Gasteiger partial charge in [0.25, 0.3) is 0 Å². The maximum atomic E-state index is 10.7. The van der Waals surface area contributed by atoms with Gasteiger partial charge in [0.05, 0.1) is 25.7 Å². The minimum absolute atomic E-state index is 0.150. The molecule has 2 aromatic rings. The number of benzene rings is 1. The second-order valence-electron chi connectivity index (χ2n) is 8.68. The number of aliphatic imine (C=N–C) groups is 1. The summed E-state index contributed by atoms with van der Waals surface area (Å²) in [6, 6.07) is 9.16. The Bertz CT molecular complexity index is 1090. The SMILES string of the molecule is NC1(Nc2ccccc2)N=CN(C2O[C@H](CO)[C@@H](O)[C@H]2O)c2c1nc(Br)n2[C@H]1C[C@H](O)[C@@H](CO)O1. The van der Waals surface area contributed by atoms with Crippen LogP contribution in [0.15, 0.2) is 40.1 Å². The first-order valence-electron chi connectivity index (χ1n) is 11.1. The van der Waals surface area contributed by atoms with E-state index in [1.165, 1.54) is 11.2 Å². The van der Waals surface area contributed by atoms with E-state index in [1.807, 2.05) is 30.3 Å². The number of ether oxygens (including phenoxy) is 2. The molecule has 2 fully saturated rings. The van der Waals surface area contributed by atoms with Gasteiger partial charge in [0, 0.05) is 12.1 Å². The summed E-state index contributed by atoms with van der Waals surface area (Å²) in [7, 11) is 0. The third kappa shape index (κ3) is 4.14. The molecule has 4 heterocycles. The van der Waals surface area contributed by atoms with Crippen LogP contribution in [0.5, 0.6) is 0 Å². The van der Waals surface area contributed by atoms with E-state index in [0.29, 0.717) is 16.2 Å². The number of para-hydroxylation sites is 1. The van der Waals surface area contributed by atoms with Crippen LogP contribution in [-0.4, -0.2) is 91.4 Å². The molecule has 35 heavy (non-hydrogen) atoms. The van der Waals surface area contributed by atoms with Crippen LogP contribution in [0.3, 0.4) is 0 Å². The molecule has 3 aliphatic heterocycles. The molecule has 0 saturated carbocycles. The van der Waals surface area contributed by atoms with E-state index in [4.69, 9.17) is 15.2 Å². The number of hydrogen-bond acceptors (Lipinski definition) is 12. The molecule has 190 valence electrons. The first-order valence-corrected chi connectivity index (χ1v) is 11.9. The number of aliphatic hydroxyl groups is 5. The normalized spacial score (nSPS) is 36.5. The van der Waals surface area contributed by atoms with E-state index in [2.05, 4.69) is 31.2 Å². The van der Waals surface area contributed by atoms with Crippen molar-refractivity contribution in [2.24, 2.45) is 10.7 Å². The molecule has 8 atom stereocenters. The van der Waals surface area contributed by atoms with Gasteiger partial charge < -0.3 is 40.3 Å². The van der Waals surface area contributed by atoms with Crippen molar-refractivity contribution in [2.45, 2.75) is 55.2 Å². The molecule has 2 unspecified atom stereocenters. The summed E-state index contributed by atoms with van der Waals surface area (Å²) in [5.41, 5.74) is 7.61. The first-order chi connectivity index (χ1) is 16.8. The molecule has 14 heteroatoms. The number of nitrogens with zero attached hydrogens (tertiary/aromatic N) is 4. The molecule has 0 bridgehead atoms. The van der Waals surface area contributed by atoms with Crippen molar-refractivity contribution >= 4 is 33.8 Å². The minimum Gasteiger partial charge on any atom is -0.394 e. The summed E-state index contributed by atoms with van der Waals surface area (Å²) < 4.78 is 13.5. The molecule has 0 spiro atoms. The third-order valence-corrected chi connectivity index (χ3v) is 6.97. The molecule has 13 nitrogen and oxygen atoms in total. The number of rotatable bonds is 6.